The van der Waals surface area contributed by atoms with Crippen LogP contribution in [0.3, 0.4) is 0 Å². The molecule has 146 valence electrons. The van der Waals surface area contributed by atoms with Gasteiger partial charge in [0.15, 0.2) is 0 Å². The van der Waals surface area contributed by atoms with E-state index in [-0.39, 0.29) is 17.8 Å². The molecule has 6 nitrogen and oxygen atoms in total. The van der Waals surface area contributed by atoms with Crippen molar-refractivity contribution in [2.24, 2.45) is 0 Å². The highest BCUT2D eigenvalue weighted by Gasteiger charge is 2.14. The van der Waals surface area contributed by atoms with Crippen LogP contribution in [-0.2, 0) is 0 Å². The molecule has 28 heavy (non-hydrogen) atoms. The second-order valence-electron chi connectivity index (χ2n) is 6.11. The molecule has 2 aromatic carbocycles. The van der Waals surface area contributed by atoms with Crippen LogP contribution in [0.5, 0.6) is 5.75 Å². The van der Waals surface area contributed by atoms with Crippen molar-refractivity contribution >= 4 is 35.1 Å². The van der Waals surface area contributed by atoms with Gasteiger partial charge in [0.05, 0.1) is 6.61 Å². The van der Waals surface area contributed by atoms with Crippen LogP contribution in [0.4, 0.5) is 6.01 Å². The molecule has 1 aromatic heterocycles. The predicted octanol–water partition coefficient (Wildman–Crippen LogP) is 5.86. The number of halogens is 2. The zero-order valence-corrected chi connectivity index (χ0v) is 16.8. The van der Waals surface area contributed by atoms with E-state index in [1.807, 2.05) is 6.07 Å². The van der Waals surface area contributed by atoms with Gasteiger partial charge in [-0.25, -0.2) is 0 Å². The summed E-state index contributed by atoms with van der Waals surface area (Å²) in [4.78, 5) is 12.5. The molecule has 3 aromatic rings. The molecule has 0 aliphatic rings. The molecule has 8 heteroatoms. The summed E-state index contributed by atoms with van der Waals surface area (Å²) in [6.45, 7) is 2.75. The lowest BCUT2D eigenvalue weighted by atomic mass is 10.2. The first-order valence-electron chi connectivity index (χ1n) is 8.89. The number of hydrogen-bond acceptors (Lipinski definition) is 5. The number of ether oxygens (including phenoxy) is 1. The van der Waals surface area contributed by atoms with Crippen LogP contribution in [0.2, 0.25) is 10.0 Å². The average molecular weight is 420 g/mol. The van der Waals surface area contributed by atoms with Crippen LogP contribution in [0.15, 0.2) is 46.9 Å². The molecule has 1 amide bonds. The van der Waals surface area contributed by atoms with Gasteiger partial charge in [-0.3, -0.25) is 10.1 Å². The quantitative estimate of drug-likeness (QED) is 0.462. The molecule has 0 saturated heterocycles. The van der Waals surface area contributed by atoms with Crippen molar-refractivity contribution in [3.05, 3.63) is 58.1 Å². The van der Waals surface area contributed by atoms with Gasteiger partial charge in [-0.15, -0.1) is 5.10 Å². The third-order valence-electron chi connectivity index (χ3n) is 3.87. The van der Waals surface area contributed by atoms with Crippen molar-refractivity contribution in [3.8, 4) is 17.2 Å². The van der Waals surface area contributed by atoms with Crippen molar-refractivity contribution in [1.82, 2.24) is 10.2 Å². The number of hydrogen-bond donors (Lipinski definition) is 1. The summed E-state index contributed by atoms with van der Waals surface area (Å²) in [6, 6.07) is 11.8. The average Bonchev–Trinajstić information content (AvgIpc) is 3.13. The highest BCUT2D eigenvalue weighted by atomic mass is 35.5. The van der Waals surface area contributed by atoms with Gasteiger partial charge in [0.25, 0.3) is 5.91 Å². The molecule has 1 heterocycles. The number of benzene rings is 2. The van der Waals surface area contributed by atoms with Crippen LogP contribution in [0.25, 0.3) is 11.5 Å². The summed E-state index contributed by atoms with van der Waals surface area (Å²) >= 11 is 12.0. The first-order valence-corrected chi connectivity index (χ1v) is 9.65. The maximum absolute atomic E-state index is 12.5. The van der Waals surface area contributed by atoms with Crippen molar-refractivity contribution in [1.29, 1.82) is 0 Å². The standard InChI is InChI=1S/C20H19Cl2N3O3/c1-2-3-4-8-27-17-7-5-6-13(11-17)18(26)23-20-25-24-19(28-20)14-9-15(21)12-16(22)10-14/h5-7,9-12H,2-4,8H2,1H3,(H,23,25,26). The number of aromatic nitrogens is 2. The molecule has 0 fully saturated rings. The SMILES string of the molecule is CCCCCOc1cccc(C(=O)Nc2nnc(-c3cc(Cl)cc(Cl)c3)o2)c1. The van der Waals surface area contributed by atoms with E-state index in [0.29, 0.717) is 33.5 Å². The third kappa shape index (κ3) is 5.47. The van der Waals surface area contributed by atoms with E-state index in [4.69, 9.17) is 32.4 Å². The zero-order valence-electron chi connectivity index (χ0n) is 15.2. The van der Waals surface area contributed by atoms with Gasteiger partial charge in [-0.2, -0.15) is 0 Å². The highest BCUT2D eigenvalue weighted by Crippen LogP contribution is 2.27. The van der Waals surface area contributed by atoms with Crippen molar-refractivity contribution < 1.29 is 13.9 Å². The Balaban J connectivity index is 1.66. The molecule has 0 unspecified atom stereocenters. The fraction of sp³-hybridized carbons (Fsp3) is 0.250. The molecule has 0 aliphatic carbocycles. The van der Waals surface area contributed by atoms with Crippen LogP contribution in [-0.4, -0.2) is 22.7 Å². The van der Waals surface area contributed by atoms with E-state index in [2.05, 4.69) is 22.4 Å². The Morgan fingerprint density at radius 1 is 1.11 bits per heavy atom. The van der Waals surface area contributed by atoms with E-state index in [0.717, 1.165) is 19.3 Å². The zero-order chi connectivity index (χ0) is 19.9. The smallest absolute Gasteiger partial charge is 0.322 e. The van der Waals surface area contributed by atoms with Crippen LogP contribution in [0, 0.1) is 0 Å². The summed E-state index contributed by atoms with van der Waals surface area (Å²) in [5, 5.41) is 11.2. The lowest BCUT2D eigenvalue weighted by Crippen LogP contribution is -2.12. The maximum atomic E-state index is 12.5. The Bertz CT molecular complexity index is 939. The van der Waals surface area contributed by atoms with Crippen LogP contribution < -0.4 is 10.1 Å². The molecule has 0 spiro atoms. The minimum Gasteiger partial charge on any atom is -0.494 e. The topological polar surface area (TPSA) is 77.2 Å². The number of carbonyl (C=O) groups excluding carboxylic acids is 1. The number of anilines is 1. The summed E-state index contributed by atoms with van der Waals surface area (Å²) in [6.07, 6.45) is 3.21. The number of amides is 1. The second kappa shape index (κ2) is 9.57. The molecule has 0 atom stereocenters. The Hall–Kier alpha value is -2.57. The minimum atomic E-state index is -0.377. The maximum Gasteiger partial charge on any atom is 0.322 e. The van der Waals surface area contributed by atoms with Gasteiger partial charge in [0, 0.05) is 21.2 Å². The first-order chi connectivity index (χ1) is 13.5. The monoisotopic (exact) mass is 419 g/mol. The molecular weight excluding hydrogens is 401 g/mol. The van der Waals surface area contributed by atoms with Gasteiger partial charge in [-0.05, 0) is 42.8 Å². The number of carbonyl (C=O) groups is 1. The summed E-state index contributed by atoms with van der Waals surface area (Å²) in [7, 11) is 0. The fourth-order valence-electron chi connectivity index (χ4n) is 2.51. The van der Waals surface area contributed by atoms with E-state index < -0.39 is 0 Å². The lowest BCUT2D eigenvalue weighted by molar-refractivity contribution is 0.102. The number of unbranched alkanes of at least 4 members (excludes halogenated alkanes) is 2. The van der Waals surface area contributed by atoms with Crippen LogP contribution >= 0.6 is 23.2 Å². The number of nitrogens with one attached hydrogen (secondary N) is 1. The highest BCUT2D eigenvalue weighted by molar-refractivity contribution is 6.35. The Morgan fingerprint density at radius 3 is 2.64 bits per heavy atom. The molecular formula is C20H19Cl2N3O3. The number of nitrogens with zero attached hydrogens (tertiary/aromatic N) is 2. The summed E-state index contributed by atoms with van der Waals surface area (Å²) in [5.74, 6) is 0.467. The van der Waals surface area contributed by atoms with Crippen molar-refractivity contribution in [2.75, 3.05) is 11.9 Å². The summed E-state index contributed by atoms with van der Waals surface area (Å²) < 4.78 is 11.2. The molecule has 1 N–H and O–H groups in total. The van der Waals surface area contributed by atoms with Gasteiger partial charge < -0.3 is 9.15 Å². The van der Waals surface area contributed by atoms with Crippen LogP contribution in [0.1, 0.15) is 36.5 Å². The molecule has 0 bridgehead atoms. The van der Waals surface area contributed by atoms with Gasteiger partial charge >= 0.3 is 6.01 Å². The van der Waals surface area contributed by atoms with Gasteiger partial charge in [0.1, 0.15) is 5.75 Å². The van der Waals surface area contributed by atoms with Crippen molar-refractivity contribution in [3.63, 3.8) is 0 Å². The normalized spacial score (nSPS) is 10.7. The minimum absolute atomic E-state index is 0.0228. The number of rotatable bonds is 8. The Morgan fingerprint density at radius 2 is 1.89 bits per heavy atom. The molecule has 0 saturated carbocycles. The fourth-order valence-corrected chi connectivity index (χ4v) is 3.03. The van der Waals surface area contributed by atoms with Crippen molar-refractivity contribution in [2.45, 2.75) is 26.2 Å². The summed E-state index contributed by atoms with van der Waals surface area (Å²) in [5.41, 5.74) is 0.992. The van der Waals surface area contributed by atoms with E-state index in [1.54, 1.807) is 36.4 Å². The molecule has 3 rings (SSSR count). The lowest BCUT2D eigenvalue weighted by Gasteiger charge is -2.07. The van der Waals surface area contributed by atoms with E-state index in [1.165, 1.54) is 0 Å². The molecule has 0 radical (unpaired) electrons. The van der Waals surface area contributed by atoms with Gasteiger partial charge in [-0.1, -0.05) is 54.1 Å². The van der Waals surface area contributed by atoms with Gasteiger partial charge in [0.2, 0.25) is 5.89 Å². The Labute approximate surface area is 172 Å². The third-order valence-corrected chi connectivity index (χ3v) is 4.30. The largest absolute Gasteiger partial charge is 0.494 e. The Kier molecular flexibility index (Phi) is 6.90. The first kappa shape index (κ1) is 20.2. The van der Waals surface area contributed by atoms with E-state index in [9.17, 15) is 4.79 Å². The predicted molar refractivity (Wildman–Crippen MR) is 109 cm³/mol. The molecule has 0 aliphatic heterocycles. The van der Waals surface area contributed by atoms with E-state index >= 15 is 0 Å². The second-order valence-corrected chi connectivity index (χ2v) is 6.98.